The van der Waals surface area contributed by atoms with E-state index in [-0.39, 0.29) is 0 Å². The Labute approximate surface area is 161 Å². The molecule has 0 aliphatic carbocycles. The number of carbonyl (C=O) groups is 2. The predicted molar refractivity (Wildman–Crippen MR) is 76.3 cm³/mol. The van der Waals surface area contributed by atoms with Crippen LogP contribution in [0.5, 0.6) is 0 Å². The number of rotatable bonds is 9. The molecule has 0 fully saturated rings. The lowest BCUT2D eigenvalue weighted by molar-refractivity contribution is -0.428. The van der Waals surface area contributed by atoms with E-state index in [4.69, 9.17) is 0 Å². The van der Waals surface area contributed by atoms with Gasteiger partial charge in [-0.2, -0.15) is 43.9 Å². The molecule has 0 aromatic rings. The van der Waals surface area contributed by atoms with Crippen molar-refractivity contribution in [2.75, 3.05) is 6.61 Å². The van der Waals surface area contributed by atoms with Crippen molar-refractivity contribution in [2.24, 2.45) is 0 Å². The molecule has 0 bridgehead atoms. The number of hydrogen-bond donors (Lipinski definition) is 0. The maximum Gasteiger partial charge on any atom is 0.438 e. The average molecular weight is 466 g/mol. The third-order valence-corrected chi connectivity index (χ3v) is 3.36. The SMILES string of the molecule is C=CC(=O)OCC(CC(F)(F)C(F)(F)C(F)(C(F)(F)F)C(F)(F)F)OC(=O)C(=C)C. The molecule has 0 radical (unpaired) electrons. The topological polar surface area (TPSA) is 52.6 Å². The Morgan fingerprint density at radius 2 is 1.37 bits per heavy atom. The van der Waals surface area contributed by atoms with Crippen molar-refractivity contribution in [3.05, 3.63) is 24.8 Å². The van der Waals surface area contributed by atoms with Crippen LogP contribution in [0.2, 0.25) is 0 Å². The van der Waals surface area contributed by atoms with Gasteiger partial charge in [0.05, 0.1) is 6.42 Å². The first-order valence-electron chi connectivity index (χ1n) is 7.39. The van der Waals surface area contributed by atoms with E-state index in [0.29, 0.717) is 6.08 Å². The van der Waals surface area contributed by atoms with E-state index >= 15 is 0 Å². The van der Waals surface area contributed by atoms with Gasteiger partial charge in [0.1, 0.15) is 12.7 Å². The number of alkyl halides is 11. The van der Waals surface area contributed by atoms with E-state index in [2.05, 4.69) is 22.6 Å². The number of carbonyl (C=O) groups excluding carboxylic acids is 2. The molecule has 4 nitrogen and oxygen atoms in total. The zero-order valence-electron chi connectivity index (χ0n) is 14.8. The van der Waals surface area contributed by atoms with Gasteiger partial charge in [-0.15, -0.1) is 0 Å². The molecule has 1 atom stereocenters. The van der Waals surface area contributed by atoms with Crippen LogP contribution < -0.4 is 0 Å². The molecule has 0 heterocycles. The summed E-state index contributed by atoms with van der Waals surface area (Å²) < 4.78 is 152. The quantitative estimate of drug-likeness (QED) is 0.281. The van der Waals surface area contributed by atoms with Crippen LogP contribution in [0.3, 0.4) is 0 Å². The van der Waals surface area contributed by atoms with E-state index in [9.17, 15) is 57.9 Å². The van der Waals surface area contributed by atoms with Crippen LogP contribution in [-0.4, -0.2) is 54.5 Å². The monoisotopic (exact) mass is 466 g/mol. The van der Waals surface area contributed by atoms with E-state index in [1.807, 2.05) is 0 Å². The fourth-order valence-corrected chi connectivity index (χ4v) is 1.80. The first-order valence-corrected chi connectivity index (χ1v) is 7.39. The van der Waals surface area contributed by atoms with Gasteiger partial charge in [0, 0.05) is 11.6 Å². The Balaban J connectivity index is 6.15. The van der Waals surface area contributed by atoms with Crippen molar-refractivity contribution < 1.29 is 67.4 Å². The van der Waals surface area contributed by atoms with Crippen molar-refractivity contribution in [1.82, 2.24) is 0 Å². The number of hydrogen-bond acceptors (Lipinski definition) is 4. The molecular formula is C15H13F11O4. The Hall–Kier alpha value is -2.35. The van der Waals surface area contributed by atoms with Crippen LogP contribution in [0, 0.1) is 0 Å². The highest BCUT2D eigenvalue weighted by molar-refractivity contribution is 5.87. The second kappa shape index (κ2) is 8.79. The van der Waals surface area contributed by atoms with Crippen molar-refractivity contribution in [3.63, 3.8) is 0 Å². The summed E-state index contributed by atoms with van der Waals surface area (Å²) in [5.74, 6) is -16.8. The Morgan fingerprint density at radius 1 is 0.933 bits per heavy atom. The zero-order valence-corrected chi connectivity index (χ0v) is 14.8. The minimum absolute atomic E-state index is 0.421. The predicted octanol–water partition coefficient (Wildman–Crippen LogP) is 4.70. The standard InChI is InChI=1S/C15H13F11O4/c1-4-9(27)29-6-8(30-10(28)7(2)3)5-11(16,17)13(19,20)12(18,14(21,22)23)15(24,25)26/h4,8H,1-2,5-6H2,3H3. The Bertz CT molecular complexity index is 665. The molecule has 0 amide bonds. The first-order chi connectivity index (χ1) is 13.2. The molecule has 1 unspecified atom stereocenters. The van der Waals surface area contributed by atoms with Gasteiger partial charge in [0.15, 0.2) is 0 Å². The lowest BCUT2D eigenvalue weighted by atomic mass is 9.88. The maximum absolute atomic E-state index is 13.9. The van der Waals surface area contributed by atoms with Crippen molar-refractivity contribution in [1.29, 1.82) is 0 Å². The van der Waals surface area contributed by atoms with Crippen LogP contribution in [0.4, 0.5) is 48.3 Å². The molecule has 0 N–H and O–H groups in total. The van der Waals surface area contributed by atoms with Gasteiger partial charge >= 0.3 is 41.8 Å². The molecule has 0 aliphatic heterocycles. The summed E-state index contributed by atoms with van der Waals surface area (Å²) >= 11 is 0. The smallest absolute Gasteiger partial charge is 0.438 e. The highest BCUT2D eigenvalue weighted by Crippen LogP contribution is 2.59. The summed E-state index contributed by atoms with van der Waals surface area (Å²) in [5.41, 5.74) is -8.20. The third-order valence-electron chi connectivity index (χ3n) is 3.36. The molecule has 174 valence electrons. The molecule has 0 aromatic heterocycles. The lowest BCUT2D eigenvalue weighted by Gasteiger charge is -2.40. The Kier molecular flexibility index (Phi) is 8.11. The molecule has 0 spiro atoms. The maximum atomic E-state index is 13.9. The molecule has 30 heavy (non-hydrogen) atoms. The van der Waals surface area contributed by atoms with E-state index in [1.165, 1.54) is 0 Å². The van der Waals surface area contributed by atoms with Crippen molar-refractivity contribution >= 4 is 11.9 Å². The van der Waals surface area contributed by atoms with Gasteiger partial charge < -0.3 is 9.47 Å². The molecular weight excluding hydrogens is 453 g/mol. The second-order valence-corrected chi connectivity index (χ2v) is 5.78. The van der Waals surface area contributed by atoms with Crippen LogP contribution in [0.1, 0.15) is 13.3 Å². The number of halogens is 11. The molecule has 0 saturated carbocycles. The van der Waals surface area contributed by atoms with Crippen molar-refractivity contribution in [2.45, 2.75) is 49.3 Å². The average Bonchev–Trinajstić information content (AvgIpc) is 2.55. The summed E-state index contributed by atoms with van der Waals surface area (Å²) in [6, 6.07) is 0. The minimum atomic E-state index is -7.66. The minimum Gasteiger partial charge on any atom is -0.459 e. The summed E-state index contributed by atoms with van der Waals surface area (Å²) in [7, 11) is 0. The summed E-state index contributed by atoms with van der Waals surface area (Å²) in [6.07, 6.45) is -20.1. The fraction of sp³-hybridized carbons (Fsp3) is 0.600. The molecule has 0 aliphatic rings. The van der Waals surface area contributed by atoms with Gasteiger partial charge in [-0.1, -0.05) is 13.2 Å². The molecule has 0 saturated heterocycles. The Morgan fingerprint density at radius 3 is 1.70 bits per heavy atom. The fourth-order valence-electron chi connectivity index (χ4n) is 1.80. The lowest BCUT2D eigenvalue weighted by Crippen LogP contribution is -2.70. The second-order valence-electron chi connectivity index (χ2n) is 5.78. The van der Waals surface area contributed by atoms with Gasteiger partial charge in [-0.3, -0.25) is 0 Å². The van der Waals surface area contributed by atoms with Crippen molar-refractivity contribution in [3.8, 4) is 0 Å². The molecule has 0 rings (SSSR count). The van der Waals surface area contributed by atoms with E-state index < -0.39 is 66.5 Å². The molecule has 15 heteroatoms. The number of esters is 2. The first kappa shape index (κ1) is 27.6. The van der Waals surface area contributed by atoms with Gasteiger partial charge in [-0.25, -0.2) is 14.0 Å². The third kappa shape index (κ3) is 5.41. The highest BCUT2D eigenvalue weighted by atomic mass is 19.4. The van der Waals surface area contributed by atoms with Gasteiger partial charge in [0.25, 0.3) is 0 Å². The summed E-state index contributed by atoms with van der Waals surface area (Å²) in [6.45, 7) is 5.25. The van der Waals surface area contributed by atoms with Crippen LogP contribution in [0.25, 0.3) is 0 Å². The molecule has 0 aromatic carbocycles. The van der Waals surface area contributed by atoms with Gasteiger partial charge in [-0.05, 0) is 6.92 Å². The summed E-state index contributed by atoms with van der Waals surface area (Å²) in [4.78, 5) is 22.3. The number of ether oxygens (including phenoxy) is 2. The zero-order chi connectivity index (χ0) is 24.3. The largest absolute Gasteiger partial charge is 0.459 e. The van der Waals surface area contributed by atoms with Gasteiger partial charge in [0.2, 0.25) is 0 Å². The highest BCUT2D eigenvalue weighted by Gasteiger charge is 2.89. The van der Waals surface area contributed by atoms with E-state index in [0.717, 1.165) is 6.92 Å². The summed E-state index contributed by atoms with van der Waals surface area (Å²) in [5, 5.41) is 0. The van der Waals surface area contributed by atoms with Crippen LogP contribution in [0.15, 0.2) is 24.8 Å². The van der Waals surface area contributed by atoms with E-state index in [1.54, 1.807) is 0 Å². The van der Waals surface area contributed by atoms with Crippen LogP contribution in [-0.2, 0) is 19.1 Å². The normalized spacial score (nSPS) is 14.7. The van der Waals surface area contributed by atoms with Crippen LogP contribution >= 0.6 is 0 Å².